The van der Waals surface area contributed by atoms with E-state index in [-0.39, 0.29) is 43.1 Å². The van der Waals surface area contributed by atoms with E-state index in [1.165, 1.54) is 4.90 Å². The van der Waals surface area contributed by atoms with Crippen LogP contribution < -0.4 is 10.1 Å². The number of nitriles is 1. The van der Waals surface area contributed by atoms with E-state index in [9.17, 15) is 23.3 Å². The number of aromatic nitrogens is 1. The largest absolute Gasteiger partial charge is 0.475 e. The molecule has 2 heterocycles. The molecule has 1 N–H and O–H groups in total. The minimum absolute atomic E-state index is 0.0200. The Morgan fingerprint density at radius 3 is 2.50 bits per heavy atom. The van der Waals surface area contributed by atoms with Crippen LogP contribution in [-0.4, -0.2) is 61.6 Å². The Morgan fingerprint density at radius 1 is 1.20 bits per heavy atom. The van der Waals surface area contributed by atoms with E-state index < -0.39 is 34.8 Å². The van der Waals surface area contributed by atoms with Crippen LogP contribution in [0.3, 0.4) is 0 Å². The van der Waals surface area contributed by atoms with Gasteiger partial charge in [0.05, 0.1) is 6.04 Å². The number of rotatable bonds is 7. The van der Waals surface area contributed by atoms with Gasteiger partial charge in [0.25, 0.3) is 11.0 Å². The van der Waals surface area contributed by atoms with Crippen LogP contribution in [0.5, 0.6) is 5.88 Å². The number of carbonyl (C=O) groups excluding carboxylic acids is 2. The zero-order valence-electron chi connectivity index (χ0n) is 23.2. The molecule has 0 radical (unpaired) electrons. The van der Waals surface area contributed by atoms with Crippen molar-refractivity contribution in [3.63, 3.8) is 0 Å². The molecule has 2 aliphatic rings. The molecule has 0 spiro atoms. The van der Waals surface area contributed by atoms with Gasteiger partial charge in [-0.1, -0.05) is 29.8 Å². The second kappa shape index (κ2) is 11.8. The van der Waals surface area contributed by atoms with Crippen LogP contribution in [0.15, 0.2) is 24.3 Å². The minimum atomic E-state index is -3.10. The lowest BCUT2D eigenvalue weighted by molar-refractivity contribution is -0.125. The highest BCUT2D eigenvalue weighted by molar-refractivity contribution is 7.67. The van der Waals surface area contributed by atoms with Crippen molar-refractivity contribution in [2.45, 2.75) is 65.2 Å². The van der Waals surface area contributed by atoms with E-state index in [2.05, 4.69) is 16.4 Å². The highest BCUT2D eigenvalue weighted by Gasteiger charge is 2.37. The lowest BCUT2D eigenvalue weighted by Gasteiger charge is -2.36. The van der Waals surface area contributed by atoms with E-state index >= 15 is 0 Å². The molecule has 40 heavy (non-hydrogen) atoms. The summed E-state index contributed by atoms with van der Waals surface area (Å²) in [6.45, 7) is 9.07. The topological polar surface area (TPSA) is 148 Å². The van der Waals surface area contributed by atoms with Gasteiger partial charge in [-0.2, -0.15) is 5.26 Å². The molecular formula is C28H34N4O7S. The van der Waals surface area contributed by atoms with Gasteiger partial charge >= 0.3 is 6.09 Å². The number of nitrogens with zero attached hydrogens (tertiary/aromatic N) is 3. The highest BCUT2D eigenvalue weighted by Crippen LogP contribution is 2.41. The first kappa shape index (κ1) is 29.3. The summed E-state index contributed by atoms with van der Waals surface area (Å²) in [4.78, 5) is 30.6. The SMILES string of the molecule is Cc1ccc(C(O[SH](=O)=O)C2Cc3c(C#N)nc(OCC4CNC(=O)CN4C(=O)OC(C)(C)C)c(C)c3C2)cc1. The molecule has 12 heteroatoms. The molecule has 0 saturated carbocycles. The van der Waals surface area contributed by atoms with Crippen molar-refractivity contribution in [2.75, 3.05) is 19.7 Å². The van der Waals surface area contributed by atoms with Crippen molar-refractivity contribution in [3.05, 3.63) is 57.8 Å². The molecule has 3 unspecified atom stereocenters. The molecule has 1 aliphatic carbocycles. The van der Waals surface area contributed by atoms with Gasteiger partial charge < -0.3 is 14.8 Å². The Morgan fingerprint density at radius 2 is 1.88 bits per heavy atom. The van der Waals surface area contributed by atoms with Crippen LogP contribution in [0.2, 0.25) is 0 Å². The maximum atomic E-state index is 12.8. The molecule has 4 rings (SSSR count). The van der Waals surface area contributed by atoms with Crippen LogP contribution in [-0.2, 0) is 37.5 Å². The first-order valence-corrected chi connectivity index (χ1v) is 14.1. The molecule has 11 nitrogen and oxygen atoms in total. The van der Waals surface area contributed by atoms with Gasteiger partial charge in [0.15, 0.2) is 0 Å². The Hall–Kier alpha value is -3.69. The van der Waals surface area contributed by atoms with Crippen LogP contribution >= 0.6 is 0 Å². The summed E-state index contributed by atoms with van der Waals surface area (Å²) in [5, 5.41) is 12.6. The number of pyridine rings is 1. The standard InChI is InChI=1S/C28H34N4O7S/c1-16-6-8-18(9-7-16)25(39-40(35)36)19-10-21-17(2)26(31-23(12-29)22(21)11-19)37-15-20-13-30-24(33)14-32(20)27(34)38-28(3,4)5/h6-9,19-20,25,40H,10-11,13-15H2,1-5H3,(H,30,33). The molecule has 2 amide bonds. The fraction of sp³-hybridized carbons (Fsp3) is 0.500. The number of amides is 2. The van der Waals surface area contributed by atoms with E-state index in [4.69, 9.17) is 13.7 Å². The number of aryl methyl sites for hydroxylation is 1. The number of piperazine rings is 1. The number of hydrogen-bond donors (Lipinski definition) is 2. The predicted octanol–water partition coefficient (Wildman–Crippen LogP) is 2.68. The number of nitrogens with one attached hydrogen (secondary N) is 1. The molecule has 3 atom stereocenters. The monoisotopic (exact) mass is 570 g/mol. The van der Waals surface area contributed by atoms with Gasteiger partial charge in [-0.25, -0.2) is 18.2 Å². The number of hydrogen-bond acceptors (Lipinski definition) is 9. The van der Waals surface area contributed by atoms with E-state index in [0.29, 0.717) is 12.8 Å². The van der Waals surface area contributed by atoms with E-state index in [1.54, 1.807) is 20.8 Å². The van der Waals surface area contributed by atoms with Gasteiger partial charge in [0.2, 0.25) is 11.8 Å². The third kappa shape index (κ3) is 6.71. The fourth-order valence-corrected chi connectivity index (χ4v) is 5.58. The molecule has 1 aliphatic heterocycles. The van der Waals surface area contributed by atoms with Crippen molar-refractivity contribution in [1.82, 2.24) is 15.2 Å². The molecular weight excluding hydrogens is 536 g/mol. The second-order valence-corrected chi connectivity index (χ2v) is 11.8. The van der Waals surface area contributed by atoms with E-state index in [1.807, 2.05) is 38.1 Å². The summed E-state index contributed by atoms with van der Waals surface area (Å²) in [5.74, 6) is -0.277. The van der Waals surface area contributed by atoms with Gasteiger partial charge in [0.1, 0.15) is 36.6 Å². The van der Waals surface area contributed by atoms with Crippen molar-refractivity contribution in [3.8, 4) is 11.9 Å². The summed E-state index contributed by atoms with van der Waals surface area (Å²) in [7, 11) is -3.10. The second-order valence-electron chi connectivity index (χ2n) is 11.2. The highest BCUT2D eigenvalue weighted by atomic mass is 32.2. The van der Waals surface area contributed by atoms with Gasteiger partial charge in [-0.15, -0.1) is 0 Å². The number of fused-ring (bicyclic) bond motifs is 1. The smallest absolute Gasteiger partial charge is 0.411 e. The van der Waals surface area contributed by atoms with Crippen LogP contribution in [0.1, 0.15) is 60.4 Å². The average Bonchev–Trinajstić information content (AvgIpc) is 3.33. The molecule has 0 bridgehead atoms. The Kier molecular flexibility index (Phi) is 8.65. The minimum Gasteiger partial charge on any atom is -0.475 e. The summed E-state index contributed by atoms with van der Waals surface area (Å²) in [5.41, 5.74) is 3.60. The Labute approximate surface area is 235 Å². The number of thiol groups is 1. The van der Waals surface area contributed by atoms with Gasteiger partial charge in [-0.3, -0.25) is 13.9 Å². The van der Waals surface area contributed by atoms with Crippen molar-refractivity contribution in [1.29, 1.82) is 5.26 Å². The zero-order chi connectivity index (χ0) is 29.2. The molecule has 1 saturated heterocycles. The molecule has 1 fully saturated rings. The first-order valence-electron chi connectivity index (χ1n) is 13.1. The number of ether oxygens (including phenoxy) is 2. The van der Waals surface area contributed by atoms with Gasteiger partial charge in [0, 0.05) is 12.1 Å². The fourth-order valence-electron chi connectivity index (χ4n) is 5.10. The number of benzene rings is 1. The van der Waals surface area contributed by atoms with Crippen LogP contribution in [0.4, 0.5) is 4.79 Å². The van der Waals surface area contributed by atoms with Gasteiger partial charge in [-0.05, 0) is 70.1 Å². The lowest BCUT2D eigenvalue weighted by atomic mass is 9.92. The van der Waals surface area contributed by atoms with Crippen LogP contribution in [0.25, 0.3) is 0 Å². The Balaban J connectivity index is 1.56. The molecule has 1 aromatic carbocycles. The van der Waals surface area contributed by atoms with Crippen molar-refractivity contribution < 1.29 is 31.7 Å². The van der Waals surface area contributed by atoms with E-state index in [0.717, 1.165) is 27.8 Å². The Bertz CT molecular complexity index is 1400. The number of carbonyl (C=O) groups is 2. The third-order valence-electron chi connectivity index (χ3n) is 7.04. The first-order chi connectivity index (χ1) is 18.9. The van der Waals surface area contributed by atoms with Crippen LogP contribution in [0, 0.1) is 31.1 Å². The van der Waals surface area contributed by atoms with Crippen molar-refractivity contribution >= 4 is 23.0 Å². The maximum Gasteiger partial charge on any atom is 0.411 e. The molecule has 2 aromatic rings. The average molecular weight is 571 g/mol. The maximum absolute atomic E-state index is 12.8. The summed E-state index contributed by atoms with van der Waals surface area (Å²) in [6.07, 6.45) is -0.429. The normalized spacial score (nSPS) is 19.5. The quantitative estimate of drug-likeness (QED) is 0.479. The molecule has 1 aromatic heterocycles. The zero-order valence-corrected chi connectivity index (χ0v) is 24.1. The van der Waals surface area contributed by atoms with Crippen molar-refractivity contribution in [2.24, 2.45) is 5.92 Å². The lowest BCUT2D eigenvalue weighted by Crippen LogP contribution is -2.59. The molecule has 214 valence electrons. The predicted molar refractivity (Wildman–Crippen MR) is 145 cm³/mol. The summed E-state index contributed by atoms with van der Waals surface area (Å²) in [6, 6.07) is 9.15. The summed E-state index contributed by atoms with van der Waals surface area (Å²) < 4.78 is 40.1. The third-order valence-corrected chi connectivity index (χ3v) is 7.44. The summed E-state index contributed by atoms with van der Waals surface area (Å²) >= 11 is 0.